The van der Waals surface area contributed by atoms with Gasteiger partial charge in [0.15, 0.2) is 0 Å². The number of rotatable bonds is 6. The van der Waals surface area contributed by atoms with E-state index in [9.17, 15) is 4.21 Å². The van der Waals surface area contributed by atoms with Crippen molar-refractivity contribution in [2.45, 2.75) is 90.2 Å². The van der Waals surface area contributed by atoms with Crippen LogP contribution in [0.3, 0.4) is 0 Å². The minimum absolute atomic E-state index is 0.137. The quantitative estimate of drug-likeness (QED) is 0.641. The Bertz CT molecular complexity index is 411. The maximum Gasteiger partial charge on any atom is 0.0555 e. The third-order valence-corrected chi connectivity index (χ3v) is 5.81. The van der Waals surface area contributed by atoms with Gasteiger partial charge in [0.1, 0.15) is 0 Å². The minimum Gasteiger partial charge on any atom is -0.284 e. The molecule has 0 saturated heterocycles. The summed E-state index contributed by atoms with van der Waals surface area (Å²) in [7, 11) is -0.870. The first-order chi connectivity index (χ1) is 8.69. The van der Waals surface area contributed by atoms with Gasteiger partial charge >= 0.3 is 0 Å². The van der Waals surface area contributed by atoms with Crippen LogP contribution in [0.1, 0.15) is 75.2 Å². The van der Waals surface area contributed by atoms with Crippen molar-refractivity contribution in [1.29, 1.82) is 0 Å². The summed E-state index contributed by atoms with van der Waals surface area (Å²) in [6.07, 6.45) is 1.82. The Morgan fingerprint density at radius 1 is 1.00 bits per heavy atom. The molecule has 118 valence electrons. The summed E-state index contributed by atoms with van der Waals surface area (Å²) in [6, 6.07) is 0. The number of nitrogens with zero attached hydrogens (tertiary/aromatic N) is 1. The smallest absolute Gasteiger partial charge is 0.0555 e. The molecule has 0 aliphatic heterocycles. The molecule has 3 heteroatoms. The standard InChI is InChI=1S/C17H33NOS/c1-13(2)14(3)18-16(7,8)11-12-17(9,10)20(19)15(4,5)6/h1,11-12H2,2-10H3. The molecule has 0 spiro atoms. The summed E-state index contributed by atoms with van der Waals surface area (Å²) in [4.78, 5) is 4.75. The molecule has 0 aliphatic rings. The second-order valence-electron chi connectivity index (χ2n) is 7.93. The molecule has 0 N–H and O–H groups in total. The van der Waals surface area contributed by atoms with Crippen LogP contribution >= 0.6 is 0 Å². The third kappa shape index (κ3) is 6.34. The van der Waals surface area contributed by atoms with E-state index in [1.165, 1.54) is 0 Å². The molecule has 0 heterocycles. The predicted molar refractivity (Wildman–Crippen MR) is 93.2 cm³/mol. The summed E-state index contributed by atoms with van der Waals surface area (Å²) in [6.45, 7) is 22.5. The van der Waals surface area contributed by atoms with Gasteiger partial charge in [-0.3, -0.25) is 9.20 Å². The summed E-state index contributed by atoms with van der Waals surface area (Å²) in [5.41, 5.74) is 1.88. The van der Waals surface area contributed by atoms with Crippen molar-refractivity contribution in [3.8, 4) is 0 Å². The summed E-state index contributed by atoms with van der Waals surface area (Å²) in [5, 5.41) is 0. The summed E-state index contributed by atoms with van der Waals surface area (Å²) < 4.78 is 12.2. The van der Waals surface area contributed by atoms with Crippen LogP contribution in [0.5, 0.6) is 0 Å². The van der Waals surface area contributed by atoms with Gasteiger partial charge in [-0.2, -0.15) is 0 Å². The molecule has 20 heavy (non-hydrogen) atoms. The van der Waals surface area contributed by atoms with Crippen LogP contribution in [0, 0.1) is 0 Å². The van der Waals surface area contributed by atoms with Crippen LogP contribution in [0.15, 0.2) is 17.1 Å². The molecule has 0 bridgehead atoms. The van der Waals surface area contributed by atoms with E-state index in [4.69, 9.17) is 4.99 Å². The maximum atomic E-state index is 12.6. The lowest BCUT2D eigenvalue weighted by Gasteiger charge is -2.34. The third-order valence-electron chi connectivity index (χ3n) is 3.48. The molecule has 0 rings (SSSR count). The second-order valence-corrected chi connectivity index (χ2v) is 10.8. The topological polar surface area (TPSA) is 29.4 Å². The fraction of sp³-hybridized carbons (Fsp3) is 0.824. The van der Waals surface area contributed by atoms with Crippen molar-refractivity contribution < 1.29 is 4.21 Å². The SMILES string of the molecule is C=C(C)C(C)=NC(C)(C)CCC(C)(C)S(=O)C(C)(C)C. The van der Waals surface area contributed by atoms with Crippen molar-refractivity contribution in [2.75, 3.05) is 0 Å². The number of aliphatic imine (C=N–C) groups is 1. The average molecular weight is 300 g/mol. The van der Waals surface area contributed by atoms with Gasteiger partial charge in [0.2, 0.25) is 0 Å². The van der Waals surface area contributed by atoms with E-state index >= 15 is 0 Å². The molecule has 0 aliphatic carbocycles. The van der Waals surface area contributed by atoms with Crippen molar-refractivity contribution in [2.24, 2.45) is 4.99 Å². The minimum atomic E-state index is -0.870. The van der Waals surface area contributed by atoms with Crippen molar-refractivity contribution >= 4 is 16.5 Å². The van der Waals surface area contributed by atoms with E-state index in [1.807, 2.05) is 34.6 Å². The Morgan fingerprint density at radius 2 is 1.45 bits per heavy atom. The van der Waals surface area contributed by atoms with Crippen LogP contribution < -0.4 is 0 Å². The van der Waals surface area contributed by atoms with Crippen LogP contribution in [0.4, 0.5) is 0 Å². The van der Waals surface area contributed by atoms with Gasteiger partial charge in [0.05, 0.1) is 5.54 Å². The monoisotopic (exact) mass is 299 g/mol. The molecule has 0 fully saturated rings. The largest absolute Gasteiger partial charge is 0.284 e. The van der Waals surface area contributed by atoms with Crippen LogP contribution in [-0.2, 0) is 10.8 Å². The normalized spacial score (nSPS) is 16.1. The van der Waals surface area contributed by atoms with Crippen molar-refractivity contribution in [1.82, 2.24) is 0 Å². The zero-order chi connectivity index (χ0) is 16.4. The van der Waals surface area contributed by atoms with E-state index < -0.39 is 10.8 Å². The molecule has 0 saturated carbocycles. The molecular formula is C17H33NOS. The molecule has 0 aromatic carbocycles. The second kappa shape index (κ2) is 6.55. The molecule has 0 radical (unpaired) electrons. The maximum absolute atomic E-state index is 12.6. The van der Waals surface area contributed by atoms with Crippen molar-refractivity contribution in [3.63, 3.8) is 0 Å². The van der Waals surface area contributed by atoms with Gasteiger partial charge in [0.25, 0.3) is 0 Å². The van der Waals surface area contributed by atoms with E-state index in [-0.39, 0.29) is 15.0 Å². The van der Waals surface area contributed by atoms with E-state index in [0.29, 0.717) is 0 Å². The first-order valence-corrected chi connectivity index (χ1v) is 8.48. The molecule has 2 nitrogen and oxygen atoms in total. The molecule has 0 aromatic heterocycles. The highest BCUT2D eigenvalue weighted by Crippen LogP contribution is 2.31. The molecular weight excluding hydrogens is 266 g/mol. The number of hydrogen-bond donors (Lipinski definition) is 0. The summed E-state index contributed by atoms with van der Waals surface area (Å²) >= 11 is 0. The number of hydrogen-bond acceptors (Lipinski definition) is 2. The fourth-order valence-electron chi connectivity index (χ4n) is 2.13. The lowest BCUT2D eigenvalue weighted by atomic mass is 9.93. The highest BCUT2D eigenvalue weighted by atomic mass is 32.2. The summed E-state index contributed by atoms with van der Waals surface area (Å²) in [5.74, 6) is 0. The van der Waals surface area contributed by atoms with Crippen LogP contribution in [-0.4, -0.2) is 25.0 Å². The molecule has 1 unspecified atom stereocenters. The van der Waals surface area contributed by atoms with Crippen molar-refractivity contribution in [3.05, 3.63) is 12.2 Å². The van der Waals surface area contributed by atoms with Gasteiger partial charge in [-0.05, 0) is 80.7 Å². The van der Waals surface area contributed by atoms with Crippen LogP contribution in [0.2, 0.25) is 0 Å². The van der Waals surface area contributed by atoms with Gasteiger partial charge in [-0.15, -0.1) is 0 Å². The molecule has 0 amide bonds. The van der Waals surface area contributed by atoms with E-state index in [1.54, 1.807) is 0 Å². The van der Waals surface area contributed by atoms with Gasteiger partial charge in [0, 0.05) is 26.0 Å². The zero-order valence-electron chi connectivity index (χ0n) is 14.9. The van der Waals surface area contributed by atoms with Crippen LogP contribution in [0.25, 0.3) is 0 Å². The Labute approximate surface area is 128 Å². The van der Waals surface area contributed by atoms with Gasteiger partial charge < -0.3 is 0 Å². The van der Waals surface area contributed by atoms with Gasteiger partial charge in [-0.25, -0.2) is 0 Å². The highest BCUT2D eigenvalue weighted by Gasteiger charge is 2.35. The Balaban J connectivity index is 4.89. The Hall–Kier alpha value is -0.440. The van der Waals surface area contributed by atoms with Gasteiger partial charge in [-0.1, -0.05) is 6.58 Å². The lowest BCUT2D eigenvalue weighted by molar-refractivity contribution is 0.425. The molecule has 1 atom stereocenters. The predicted octanol–water partition coefficient (Wildman–Crippen LogP) is 4.91. The first kappa shape index (κ1) is 19.6. The van der Waals surface area contributed by atoms with E-state index in [2.05, 4.69) is 34.3 Å². The first-order valence-electron chi connectivity index (χ1n) is 7.33. The fourth-order valence-corrected chi connectivity index (χ4v) is 4.08. The highest BCUT2D eigenvalue weighted by molar-refractivity contribution is 7.87. The number of allylic oxidation sites excluding steroid dienone is 1. The molecule has 0 aromatic rings. The average Bonchev–Trinajstić information content (AvgIpc) is 2.23. The van der Waals surface area contributed by atoms with E-state index in [0.717, 1.165) is 24.1 Å². The lowest BCUT2D eigenvalue weighted by Crippen LogP contribution is -2.39. The zero-order valence-corrected chi connectivity index (χ0v) is 15.7. The Morgan fingerprint density at radius 3 is 1.80 bits per heavy atom. The Kier molecular flexibility index (Phi) is 6.41.